The Hall–Kier alpha value is -4.18. The summed E-state index contributed by atoms with van der Waals surface area (Å²) in [5.41, 5.74) is 2.37. The van der Waals surface area contributed by atoms with Gasteiger partial charge >= 0.3 is 13.9 Å². The van der Waals surface area contributed by atoms with Gasteiger partial charge in [-0.3, -0.25) is 18.6 Å². The van der Waals surface area contributed by atoms with E-state index in [4.69, 9.17) is 13.6 Å². The van der Waals surface area contributed by atoms with Crippen molar-refractivity contribution >= 4 is 25.7 Å². The standard InChI is InChI=1S/C32H39N4O7P/c1-2-9-30(37)35-29(31(38)33-18-20-36-21-19-34-32(36)39)22-25-14-16-28(17-15-25)43-44(40,41-23-26-10-5-3-6-11-26)42-24-27-12-7-4-8-13-27/h3-8,10-17,29H,2,9,18-24H2,1H3,(H,33,38)(H,34,39)(H,35,37)/t29-/m0/s1. The van der Waals surface area contributed by atoms with Crippen molar-refractivity contribution in [2.75, 3.05) is 26.2 Å². The van der Waals surface area contributed by atoms with Crippen molar-refractivity contribution in [1.29, 1.82) is 0 Å². The Balaban J connectivity index is 1.40. The molecule has 0 aliphatic carbocycles. The van der Waals surface area contributed by atoms with Crippen LogP contribution in [0.5, 0.6) is 5.75 Å². The van der Waals surface area contributed by atoms with Gasteiger partial charge in [-0.1, -0.05) is 79.7 Å². The second kappa shape index (κ2) is 16.6. The molecule has 4 amide bonds. The number of carbonyl (C=O) groups is 3. The third-order valence-electron chi connectivity index (χ3n) is 6.80. The lowest BCUT2D eigenvalue weighted by atomic mass is 10.0. The number of nitrogens with one attached hydrogen (secondary N) is 3. The molecule has 1 atom stereocenters. The van der Waals surface area contributed by atoms with E-state index in [-0.39, 0.29) is 49.8 Å². The number of rotatable bonds is 17. The fourth-order valence-electron chi connectivity index (χ4n) is 4.46. The molecule has 4 rings (SSSR count). The third-order valence-corrected chi connectivity index (χ3v) is 8.12. The molecule has 1 aliphatic rings. The van der Waals surface area contributed by atoms with Gasteiger partial charge in [0.2, 0.25) is 11.8 Å². The van der Waals surface area contributed by atoms with Gasteiger partial charge in [-0.15, -0.1) is 0 Å². The number of hydrogen-bond donors (Lipinski definition) is 3. The van der Waals surface area contributed by atoms with Crippen molar-refractivity contribution in [3.8, 4) is 5.75 Å². The number of hydrogen-bond acceptors (Lipinski definition) is 7. The second-order valence-corrected chi connectivity index (χ2v) is 11.9. The molecule has 3 aromatic rings. The molecule has 0 unspecified atom stereocenters. The maximum atomic E-state index is 13.7. The van der Waals surface area contributed by atoms with Crippen LogP contribution < -0.4 is 20.5 Å². The zero-order valence-corrected chi connectivity index (χ0v) is 25.7. The van der Waals surface area contributed by atoms with E-state index in [1.54, 1.807) is 29.2 Å². The molecule has 0 radical (unpaired) electrons. The minimum absolute atomic E-state index is 0.0294. The van der Waals surface area contributed by atoms with Gasteiger partial charge in [0.25, 0.3) is 0 Å². The maximum Gasteiger partial charge on any atom is 0.530 e. The number of carbonyl (C=O) groups excluding carboxylic acids is 3. The molecular weight excluding hydrogens is 583 g/mol. The van der Waals surface area contributed by atoms with Gasteiger partial charge in [0.15, 0.2) is 0 Å². The number of amides is 4. The molecule has 1 heterocycles. The van der Waals surface area contributed by atoms with Crippen LogP contribution in [0.25, 0.3) is 0 Å². The highest BCUT2D eigenvalue weighted by atomic mass is 31.2. The third kappa shape index (κ3) is 10.5. The molecule has 0 saturated carbocycles. The van der Waals surface area contributed by atoms with Crippen LogP contribution in [-0.4, -0.2) is 55.0 Å². The molecular formula is C32H39N4O7P. The Bertz CT molecular complexity index is 1360. The van der Waals surface area contributed by atoms with Gasteiger partial charge in [0, 0.05) is 39.0 Å². The minimum Gasteiger partial charge on any atom is -0.404 e. The van der Waals surface area contributed by atoms with E-state index < -0.39 is 13.9 Å². The van der Waals surface area contributed by atoms with Crippen molar-refractivity contribution in [3.05, 3.63) is 102 Å². The van der Waals surface area contributed by atoms with Gasteiger partial charge in [-0.05, 0) is 35.2 Å². The molecule has 0 aromatic heterocycles. The summed E-state index contributed by atoms with van der Waals surface area (Å²) in [6.07, 6.45) is 1.17. The average molecular weight is 623 g/mol. The van der Waals surface area contributed by atoms with Crippen molar-refractivity contribution in [2.24, 2.45) is 0 Å². The zero-order valence-electron chi connectivity index (χ0n) is 24.8. The molecule has 0 bridgehead atoms. The summed E-state index contributed by atoms with van der Waals surface area (Å²) < 4.78 is 30.9. The number of nitrogens with zero attached hydrogens (tertiary/aromatic N) is 1. The Morgan fingerprint density at radius 2 is 1.52 bits per heavy atom. The summed E-state index contributed by atoms with van der Waals surface area (Å²) in [6, 6.07) is 24.3. The Labute approximate surface area is 257 Å². The van der Waals surface area contributed by atoms with E-state index in [9.17, 15) is 18.9 Å². The lowest BCUT2D eigenvalue weighted by Gasteiger charge is -2.21. The Morgan fingerprint density at radius 1 is 0.909 bits per heavy atom. The van der Waals surface area contributed by atoms with E-state index in [0.29, 0.717) is 32.5 Å². The average Bonchev–Trinajstić information content (AvgIpc) is 3.45. The number of urea groups is 1. The van der Waals surface area contributed by atoms with E-state index in [2.05, 4.69) is 16.0 Å². The molecule has 1 fully saturated rings. The summed E-state index contributed by atoms with van der Waals surface area (Å²) in [4.78, 5) is 38.8. The van der Waals surface area contributed by atoms with E-state index in [0.717, 1.165) is 16.7 Å². The first-order valence-electron chi connectivity index (χ1n) is 14.7. The summed E-state index contributed by atoms with van der Waals surface area (Å²) >= 11 is 0. The molecule has 3 aromatic carbocycles. The fourth-order valence-corrected chi connectivity index (χ4v) is 5.64. The molecule has 1 saturated heterocycles. The van der Waals surface area contributed by atoms with E-state index in [1.807, 2.05) is 67.6 Å². The van der Waals surface area contributed by atoms with Crippen LogP contribution in [0.3, 0.4) is 0 Å². The monoisotopic (exact) mass is 622 g/mol. The molecule has 44 heavy (non-hydrogen) atoms. The first-order chi connectivity index (χ1) is 21.3. The Morgan fingerprint density at radius 3 is 2.07 bits per heavy atom. The quantitative estimate of drug-likeness (QED) is 0.188. The molecule has 3 N–H and O–H groups in total. The Kier molecular flexibility index (Phi) is 12.4. The van der Waals surface area contributed by atoms with Crippen LogP contribution in [-0.2, 0) is 42.8 Å². The van der Waals surface area contributed by atoms with Crippen molar-refractivity contribution in [1.82, 2.24) is 20.9 Å². The lowest BCUT2D eigenvalue weighted by molar-refractivity contribution is -0.129. The summed E-state index contributed by atoms with van der Waals surface area (Å²) in [5.74, 6) is -0.306. The van der Waals surface area contributed by atoms with Crippen molar-refractivity contribution in [3.63, 3.8) is 0 Å². The number of phosphoric acid groups is 1. The fraction of sp³-hybridized carbons (Fsp3) is 0.344. The van der Waals surface area contributed by atoms with Gasteiger partial charge in [-0.25, -0.2) is 9.36 Å². The first-order valence-corrected chi connectivity index (χ1v) is 16.1. The maximum absolute atomic E-state index is 13.7. The van der Waals surface area contributed by atoms with Crippen molar-refractivity contribution in [2.45, 2.75) is 45.4 Å². The molecule has 12 heteroatoms. The SMILES string of the molecule is CCCC(=O)N[C@@H](Cc1ccc(OP(=O)(OCc2ccccc2)OCc2ccccc2)cc1)C(=O)NCCN1CCNC1=O. The highest BCUT2D eigenvalue weighted by Crippen LogP contribution is 2.51. The molecule has 234 valence electrons. The first kappa shape index (κ1) is 32.7. The van der Waals surface area contributed by atoms with Crippen LogP contribution in [0.1, 0.15) is 36.5 Å². The lowest BCUT2D eigenvalue weighted by Crippen LogP contribution is -2.49. The van der Waals surface area contributed by atoms with Crippen LogP contribution in [0.4, 0.5) is 4.79 Å². The van der Waals surface area contributed by atoms with Crippen molar-refractivity contribution < 1.29 is 32.5 Å². The normalized spacial score (nSPS) is 13.7. The largest absolute Gasteiger partial charge is 0.530 e. The second-order valence-electron chi connectivity index (χ2n) is 10.3. The van der Waals surface area contributed by atoms with Gasteiger partial charge in [-0.2, -0.15) is 0 Å². The van der Waals surface area contributed by atoms with Gasteiger partial charge < -0.3 is 25.4 Å². The smallest absolute Gasteiger partial charge is 0.404 e. The molecule has 0 spiro atoms. The van der Waals surface area contributed by atoms with Crippen LogP contribution in [0, 0.1) is 0 Å². The van der Waals surface area contributed by atoms with E-state index >= 15 is 0 Å². The van der Waals surface area contributed by atoms with Crippen LogP contribution in [0.2, 0.25) is 0 Å². The zero-order chi connectivity index (χ0) is 31.2. The van der Waals surface area contributed by atoms with Crippen LogP contribution >= 0.6 is 7.82 Å². The highest BCUT2D eigenvalue weighted by Gasteiger charge is 2.29. The summed E-state index contributed by atoms with van der Waals surface area (Å²) in [7, 11) is -4.04. The molecule has 11 nitrogen and oxygen atoms in total. The summed E-state index contributed by atoms with van der Waals surface area (Å²) in [5, 5.41) is 8.36. The molecule has 1 aliphatic heterocycles. The predicted octanol–water partition coefficient (Wildman–Crippen LogP) is 4.58. The topological polar surface area (TPSA) is 135 Å². The highest BCUT2D eigenvalue weighted by molar-refractivity contribution is 7.48. The number of benzene rings is 3. The van der Waals surface area contributed by atoms with Gasteiger partial charge in [0.05, 0.1) is 13.2 Å². The van der Waals surface area contributed by atoms with Gasteiger partial charge in [0.1, 0.15) is 11.8 Å². The van der Waals surface area contributed by atoms with E-state index in [1.165, 1.54) is 0 Å². The predicted molar refractivity (Wildman–Crippen MR) is 166 cm³/mol. The minimum atomic E-state index is -4.04. The number of phosphoric ester groups is 1. The summed E-state index contributed by atoms with van der Waals surface area (Å²) in [6.45, 7) is 3.75. The van der Waals surface area contributed by atoms with Crippen LogP contribution in [0.15, 0.2) is 84.9 Å².